The number of alkyl halides is 1. The number of ether oxygens (including phenoxy) is 2. The minimum atomic E-state index is -0.580. The van der Waals surface area contributed by atoms with E-state index in [-0.39, 0.29) is 37.0 Å². The molecule has 8 nitrogen and oxygen atoms in total. The monoisotopic (exact) mass is 467 g/mol. The molecule has 1 saturated carbocycles. The second kappa shape index (κ2) is 12.5. The van der Waals surface area contributed by atoms with Crippen molar-refractivity contribution in [3.05, 3.63) is 35.9 Å². The number of nitrogens with zero attached hydrogens (tertiary/aromatic N) is 1. The molecule has 1 aliphatic rings. The minimum Gasteiger partial charge on any atom is -0.445 e. The summed E-state index contributed by atoms with van der Waals surface area (Å²) in [6.07, 6.45) is 1.98. The molecule has 1 aromatic rings. The predicted octanol–water partition coefficient (Wildman–Crippen LogP) is 3.82. The second-order valence-corrected chi connectivity index (χ2v) is 9.13. The third-order valence-electron chi connectivity index (χ3n) is 5.13. The lowest BCUT2D eigenvalue weighted by Gasteiger charge is -2.37. The van der Waals surface area contributed by atoms with E-state index in [2.05, 4.69) is 10.6 Å². The lowest BCUT2D eigenvalue weighted by atomic mass is 9.90. The van der Waals surface area contributed by atoms with Crippen LogP contribution in [0.15, 0.2) is 30.3 Å². The van der Waals surface area contributed by atoms with Gasteiger partial charge in [-0.05, 0) is 52.0 Å². The van der Waals surface area contributed by atoms with E-state index in [1.807, 2.05) is 30.3 Å². The van der Waals surface area contributed by atoms with Crippen LogP contribution >= 0.6 is 11.6 Å². The first-order valence-electron chi connectivity index (χ1n) is 11.0. The molecular weight excluding hydrogens is 434 g/mol. The van der Waals surface area contributed by atoms with E-state index in [0.717, 1.165) is 31.2 Å². The summed E-state index contributed by atoms with van der Waals surface area (Å²) in [6, 6.07) is 9.52. The molecule has 0 radical (unpaired) electrons. The Labute approximate surface area is 195 Å². The SMILES string of the molecule is CC(C)(C)OC(=O)NCCN(C(=O)CCl)C1CCC(NC(=O)OCc2ccccc2)CC1. The number of benzene rings is 1. The van der Waals surface area contributed by atoms with Gasteiger partial charge in [0.1, 0.15) is 18.1 Å². The Balaban J connectivity index is 1.75. The maximum Gasteiger partial charge on any atom is 0.407 e. The normalized spacial score (nSPS) is 18.4. The van der Waals surface area contributed by atoms with Crippen molar-refractivity contribution in [1.82, 2.24) is 15.5 Å². The van der Waals surface area contributed by atoms with Gasteiger partial charge in [0.25, 0.3) is 0 Å². The quantitative estimate of drug-likeness (QED) is 0.566. The maximum atomic E-state index is 12.4. The molecule has 2 rings (SSSR count). The standard InChI is InChI=1S/C23H34ClN3O5/c1-23(2,3)32-21(29)25-13-14-27(20(28)15-24)19-11-9-18(10-12-19)26-22(30)31-16-17-7-5-4-6-8-17/h4-8,18-19H,9-16H2,1-3H3,(H,25,29)(H,26,30). The van der Waals surface area contributed by atoms with Crippen molar-refractivity contribution in [2.75, 3.05) is 19.0 Å². The molecule has 0 spiro atoms. The zero-order valence-corrected chi connectivity index (χ0v) is 19.8. The average Bonchev–Trinajstić information content (AvgIpc) is 2.75. The average molecular weight is 468 g/mol. The van der Waals surface area contributed by atoms with Gasteiger partial charge in [0.2, 0.25) is 5.91 Å². The summed E-state index contributed by atoms with van der Waals surface area (Å²) in [7, 11) is 0. The van der Waals surface area contributed by atoms with E-state index in [9.17, 15) is 14.4 Å². The number of carbonyl (C=O) groups is 3. The number of alkyl carbamates (subject to hydrolysis) is 2. The van der Waals surface area contributed by atoms with Crippen molar-refractivity contribution in [2.24, 2.45) is 0 Å². The Kier molecular flexibility index (Phi) is 10.1. The van der Waals surface area contributed by atoms with Crippen LogP contribution in [0.5, 0.6) is 0 Å². The smallest absolute Gasteiger partial charge is 0.407 e. The van der Waals surface area contributed by atoms with Crippen molar-refractivity contribution in [3.63, 3.8) is 0 Å². The van der Waals surface area contributed by atoms with Crippen molar-refractivity contribution >= 4 is 29.7 Å². The van der Waals surface area contributed by atoms with Crippen LogP contribution in [0.2, 0.25) is 0 Å². The first-order valence-corrected chi connectivity index (χ1v) is 11.5. The van der Waals surface area contributed by atoms with E-state index in [4.69, 9.17) is 21.1 Å². The summed E-state index contributed by atoms with van der Waals surface area (Å²) in [5.41, 5.74) is 0.352. The van der Waals surface area contributed by atoms with Crippen LogP contribution in [0.3, 0.4) is 0 Å². The molecule has 0 atom stereocenters. The Bertz CT molecular complexity index is 746. The van der Waals surface area contributed by atoms with Crippen LogP contribution in [0.25, 0.3) is 0 Å². The molecule has 0 unspecified atom stereocenters. The topological polar surface area (TPSA) is 97.0 Å². The molecule has 0 aromatic heterocycles. The summed E-state index contributed by atoms with van der Waals surface area (Å²) in [4.78, 5) is 38.0. The van der Waals surface area contributed by atoms with Crippen molar-refractivity contribution in [3.8, 4) is 0 Å². The van der Waals surface area contributed by atoms with Crippen LogP contribution in [-0.4, -0.2) is 59.6 Å². The van der Waals surface area contributed by atoms with Crippen LogP contribution < -0.4 is 10.6 Å². The number of nitrogens with one attached hydrogen (secondary N) is 2. The Morgan fingerprint density at radius 1 is 1.06 bits per heavy atom. The number of hydrogen-bond acceptors (Lipinski definition) is 5. The fourth-order valence-electron chi connectivity index (χ4n) is 3.64. The van der Waals surface area contributed by atoms with Gasteiger partial charge < -0.3 is 25.0 Å². The first-order chi connectivity index (χ1) is 15.2. The summed E-state index contributed by atoms with van der Waals surface area (Å²) in [5, 5.41) is 5.59. The lowest BCUT2D eigenvalue weighted by Crippen LogP contribution is -2.49. The van der Waals surface area contributed by atoms with Gasteiger partial charge in [0.05, 0.1) is 0 Å². The zero-order chi connectivity index (χ0) is 23.6. The van der Waals surface area contributed by atoms with Crippen LogP contribution in [0.4, 0.5) is 9.59 Å². The maximum absolute atomic E-state index is 12.4. The summed E-state index contributed by atoms with van der Waals surface area (Å²) < 4.78 is 10.5. The molecule has 1 aliphatic carbocycles. The van der Waals surface area contributed by atoms with Gasteiger partial charge in [0, 0.05) is 25.2 Å². The largest absolute Gasteiger partial charge is 0.445 e. The molecule has 0 aliphatic heterocycles. The van der Waals surface area contributed by atoms with Gasteiger partial charge in [-0.2, -0.15) is 0 Å². The molecule has 0 bridgehead atoms. The number of carbonyl (C=O) groups excluding carboxylic acids is 3. The van der Waals surface area contributed by atoms with E-state index in [0.29, 0.717) is 6.54 Å². The van der Waals surface area contributed by atoms with E-state index >= 15 is 0 Å². The van der Waals surface area contributed by atoms with Gasteiger partial charge in [-0.25, -0.2) is 9.59 Å². The highest BCUT2D eigenvalue weighted by atomic mass is 35.5. The molecule has 9 heteroatoms. The van der Waals surface area contributed by atoms with Crippen molar-refractivity contribution in [1.29, 1.82) is 0 Å². The summed E-state index contributed by atoms with van der Waals surface area (Å²) in [5.74, 6) is -0.285. The predicted molar refractivity (Wildman–Crippen MR) is 122 cm³/mol. The highest BCUT2D eigenvalue weighted by Gasteiger charge is 2.29. The Morgan fingerprint density at radius 3 is 2.31 bits per heavy atom. The molecule has 3 amide bonds. The third-order valence-corrected chi connectivity index (χ3v) is 5.36. The van der Waals surface area contributed by atoms with Gasteiger partial charge in [0.15, 0.2) is 0 Å². The third kappa shape index (κ3) is 9.34. The molecule has 178 valence electrons. The van der Waals surface area contributed by atoms with Crippen molar-refractivity contribution in [2.45, 2.75) is 70.7 Å². The Morgan fingerprint density at radius 2 is 1.72 bits per heavy atom. The van der Waals surface area contributed by atoms with E-state index in [1.165, 1.54) is 0 Å². The molecule has 1 aromatic carbocycles. The van der Waals surface area contributed by atoms with Crippen LogP contribution in [0.1, 0.15) is 52.0 Å². The number of amides is 3. The van der Waals surface area contributed by atoms with E-state index in [1.54, 1.807) is 25.7 Å². The highest BCUT2D eigenvalue weighted by molar-refractivity contribution is 6.27. The first kappa shape index (κ1) is 25.8. The highest BCUT2D eigenvalue weighted by Crippen LogP contribution is 2.24. The summed E-state index contributed by atoms with van der Waals surface area (Å²) in [6.45, 7) is 6.23. The molecule has 32 heavy (non-hydrogen) atoms. The molecule has 2 N–H and O–H groups in total. The number of hydrogen-bond donors (Lipinski definition) is 2. The zero-order valence-electron chi connectivity index (χ0n) is 19.1. The lowest BCUT2D eigenvalue weighted by molar-refractivity contribution is -0.131. The van der Waals surface area contributed by atoms with Gasteiger partial charge >= 0.3 is 12.2 Å². The number of rotatable bonds is 8. The molecule has 0 heterocycles. The fourth-order valence-corrected chi connectivity index (χ4v) is 3.80. The van der Waals surface area contributed by atoms with Gasteiger partial charge in [-0.1, -0.05) is 30.3 Å². The van der Waals surface area contributed by atoms with E-state index < -0.39 is 17.8 Å². The van der Waals surface area contributed by atoms with Crippen LogP contribution in [-0.2, 0) is 20.9 Å². The molecular formula is C23H34ClN3O5. The number of halogens is 1. The van der Waals surface area contributed by atoms with Gasteiger partial charge in [-0.15, -0.1) is 11.6 Å². The molecule has 1 fully saturated rings. The fraction of sp³-hybridized carbons (Fsp3) is 0.609. The van der Waals surface area contributed by atoms with Crippen molar-refractivity contribution < 1.29 is 23.9 Å². The second-order valence-electron chi connectivity index (χ2n) is 8.86. The van der Waals surface area contributed by atoms with Gasteiger partial charge in [-0.3, -0.25) is 4.79 Å². The minimum absolute atomic E-state index is 0.00219. The van der Waals surface area contributed by atoms with Crippen LogP contribution in [0, 0.1) is 0 Å². The molecule has 0 saturated heterocycles. The Hall–Kier alpha value is -2.48. The summed E-state index contributed by atoms with van der Waals surface area (Å²) >= 11 is 5.80.